The molecule has 1 fully saturated rings. The lowest BCUT2D eigenvalue weighted by atomic mass is 9.69. The fourth-order valence-electron chi connectivity index (χ4n) is 3.17. The minimum atomic E-state index is -0.951. The zero-order valence-electron chi connectivity index (χ0n) is 11.2. The van der Waals surface area contributed by atoms with Gasteiger partial charge in [0.1, 0.15) is 0 Å². The molecule has 0 spiro atoms. The van der Waals surface area contributed by atoms with Crippen molar-refractivity contribution >= 4 is 0 Å². The molecule has 3 atom stereocenters. The zero-order valence-corrected chi connectivity index (χ0v) is 11.2. The first-order chi connectivity index (χ1) is 8.49. The van der Waals surface area contributed by atoms with Crippen LogP contribution in [0.3, 0.4) is 0 Å². The van der Waals surface area contributed by atoms with Gasteiger partial charge < -0.3 is 5.11 Å². The summed E-state index contributed by atoms with van der Waals surface area (Å²) in [4.78, 5) is 0. The molecule has 0 saturated heterocycles. The standard InChI is InChI=1S/C16H21NO/c1-13-8-9-16(10-13,12-17)15(2,18)11-14-6-4-3-5-7-14/h3-7,13,18H,8-11H2,1-2H3. The van der Waals surface area contributed by atoms with E-state index in [1.807, 2.05) is 37.3 Å². The Hall–Kier alpha value is -1.33. The van der Waals surface area contributed by atoms with Crippen molar-refractivity contribution in [2.24, 2.45) is 11.3 Å². The van der Waals surface area contributed by atoms with E-state index < -0.39 is 11.0 Å². The van der Waals surface area contributed by atoms with Crippen molar-refractivity contribution in [2.45, 2.75) is 45.1 Å². The zero-order chi connectivity index (χ0) is 13.2. The first-order valence-electron chi connectivity index (χ1n) is 6.67. The molecule has 3 unspecified atom stereocenters. The lowest BCUT2D eigenvalue weighted by Gasteiger charge is -2.37. The highest BCUT2D eigenvalue weighted by molar-refractivity contribution is 5.22. The van der Waals surface area contributed by atoms with Gasteiger partial charge in [0.05, 0.1) is 17.1 Å². The molecule has 0 bridgehead atoms. The van der Waals surface area contributed by atoms with Gasteiger partial charge in [-0.3, -0.25) is 0 Å². The van der Waals surface area contributed by atoms with Crippen molar-refractivity contribution < 1.29 is 5.11 Å². The second-order valence-corrected chi connectivity index (χ2v) is 5.98. The summed E-state index contributed by atoms with van der Waals surface area (Å²) < 4.78 is 0. The lowest BCUT2D eigenvalue weighted by Crippen LogP contribution is -2.45. The van der Waals surface area contributed by atoms with Crippen molar-refractivity contribution in [3.8, 4) is 6.07 Å². The normalized spacial score (nSPS) is 30.7. The average molecular weight is 243 g/mol. The number of rotatable bonds is 3. The molecule has 1 aromatic carbocycles. The van der Waals surface area contributed by atoms with Gasteiger partial charge in [-0.2, -0.15) is 5.26 Å². The molecule has 2 rings (SSSR count). The molecule has 0 radical (unpaired) electrons. The quantitative estimate of drug-likeness (QED) is 0.885. The molecule has 18 heavy (non-hydrogen) atoms. The van der Waals surface area contributed by atoms with E-state index in [1.165, 1.54) is 0 Å². The Bertz CT molecular complexity index is 446. The van der Waals surface area contributed by atoms with Crippen LogP contribution in [0.25, 0.3) is 0 Å². The van der Waals surface area contributed by atoms with E-state index in [1.54, 1.807) is 0 Å². The van der Waals surface area contributed by atoms with Crippen LogP contribution in [0.5, 0.6) is 0 Å². The van der Waals surface area contributed by atoms with Gasteiger partial charge in [-0.05, 0) is 37.7 Å². The molecule has 0 aromatic heterocycles. The number of hydrogen-bond donors (Lipinski definition) is 1. The van der Waals surface area contributed by atoms with Gasteiger partial charge in [0, 0.05) is 6.42 Å². The van der Waals surface area contributed by atoms with E-state index in [-0.39, 0.29) is 0 Å². The van der Waals surface area contributed by atoms with Gasteiger partial charge in [-0.15, -0.1) is 0 Å². The van der Waals surface area contributed by atoms with E-state index in [9.17, 15) is 10.4 Å². The van der Waals surface area contributed by atoms with E-state index in [4.69, 9.17) is 0 Å². The van der Waals surface area contributed by atoms with Crippen LogP contribution in [0.4, 0.5) is 0 Å². The molecule has 1 aromatic rings. The highest BCUT2D eigenvalue weighted by Crippen LogP contribution is 2.49. The van der Waals surface area contributed by atoms with Gasteiger partial charge in [0.15, 0.2) is 0 Å². The number of benzene rings is 1. The maximum atomic E-state index is 10.8. The van der Waals surface area contributed by atoms with E-state index >= 15 is 0 Å². The summed E-state index contributed by atoms with van der Waals surface area (Å²) >= 11 is 0. The maximum Gasteiger partial charge on any atom is 0.0863 e. The smallest absolute Gasteiger partial charge is 0.0863 e. The minimum absolute atomic E-state index is 0.534. The van der Waals surface area contributed by atoms with Gasteiger partial charge in [0.25, 0.3) is 0 Å². The van der Waals surface area contributed by atoms with Crippen LogP contribution in [0.2, 0.25) is 0 Å². The van der Waals surface area contributed by atoms with Crippen LogP contribution in [-0.4, -0.2) is 10.7 Å². The predicted molar refractivity (Wildman–Crippen MR) is 71.8 cm³/mol. The van der Waals surface area contributed by atoms with Gasteiger partial charge in [0.2, 0.25) is 0 Å². The Morgan fingerprint density at radius 3 is 2.61 bits per heavy atom. The van der Waals surface area contributed by atoms with Crippen molar-refractivity contribution in [1.82, 2.24) is 0 Å². The molecule has 0 heterocycles. The van der Waals surface area contributed by atoms with Crippen LogP contribution < -0.4 is 0 Å². The lowest BCUT2D eigenvalue weighted by molar-refractivity contribution is -0.0375. The Kier molecular flexibility index (Phi) is 3.45. The van der Waals surface area contributed by atoms with E-state index in [0.717, 1.165) is 24.8 Å². The Labute approximate surface area is 109 Å². The summed E-state index contributed by atoms with van der Waals surface area (Å²) in [5, 5.41) is 20.4. The molecule has 0 aliphatic heterocycles. The van der Waals surface area contributed by atoms with Crippen LogP contribution in [0, 0.1) is 22.7 Å². The van der Waals surface area contributed by atoms with Crippen LogP contribution in [0.1, 0.15) is 38.7 Å². The van der Waals surface area contributed by atoms with Crippen LogP contribution in [0.15, 0.2) is 30.3 Å². The Morgan fingerprint density at radius 2 is 2.11 bits per heavy atom. The largest absolute Gasteiger partial charge is 0.388 e. The molecular formula is C16H21NO. The molecule has 2 nitrogen and oxygen atoms in total. The van der Waals surface area contributed by atoms with Gasteiger partial charge in [-0.1, -0.05) is 37.3 Å². The number of aliphatic hydroxyl groups is 1. The first-order valence-corrected chi connectivity index (χ1v) is 6.67. The summed E-state index contributed by atoms with van der Waals surface area (Å²) in [6, 6.07) is 12.4. The number of nitriles is 1. The minimum Gasteiger partial charge on any atom is -0.388 e. The van der Waals surface area contributed by atoms with Crippen molar-refractivity contribution in [3.63, 3.8) is 0 Å². The molecule has 1 aliphatic carbocycles. The van der Waals surface area contributed by atoms with Crippen molar-refractivity contribution in [3.05, 3.63) is 35.9 Å². The maximum absolute atomic E-state index is 10.8. The average Bonchev–Trinajstić information content (AvgIpc) is 2.73. The van der Waals surface area contributed by atoms with Gasteiger partial charge >= 0.3 is 0 Å². The second-order valence-electron chi connectivity index (χ2n) is 5.98. The molecule has 1 saturated carbocycles. The SMILES string of the molecule is CC1CCC(C#N)(C(C)(O)Cc2ccccc2)C1. The summed E-state index contributed by atoms with van der Waals surface area (Å²) in [5.74, 6) is 0.534. The Balaban J connectivity index is 2.22. The highest BCUT2D eigenvalue weighted by atomic mass is 16.3. The first kappa shape index (κ1) is 13.1. The topological polar surface area (TPSA) is 44.0 Å². The van der Waals surface area contributed by atoms with Crippen molar-refractivity contribution in [1.29, 1.82) is 5.26 Å². The van der Waals surface area contributed by atoms with E-state index in [0.29, 0.717) is 12.3 Å². The molecular weight excluding hydrogens is 222 g/mol. The fraction of sp³-hybridized carbons (Fsp3) is 0.562. The molecule has 2 heteroatoms. The number of hydrogen-bond acceptors (Lipinski definition) is 2. The van der Waals surface area contributed by atoms with Crippen molar-refractivity contribution in [2.75, 3.05) is 0 Å². The third-order valence-corrected chi connectivity index (χ3v) is 4.40. The predicted octanol–water partition coefficient (Wildman–Crippen LogP) is 3.31. The van der Waals surface area contributed by atoms with Crippen LogP contribution in [-0.2, 0) is 6.42 Å². The summed E-state index contributed by atoms with van der Waals surface area (Å²) in [7, 11) is 0. The second kappa shape index (κ2) is 4.74. The number of nitrogens with zero attached hydrogens (tertiary/aromatic N) is 1. The summed E-state index contributed by atoms with van der Waals surface area (Å²) in [6.07, 6.45) is 3.21. The summed E-state index contributed by atoms with van der Waals surface area (Å²) in [6.45, 7) is 3.99. The van der Waals surface area contributed by atoms with Crippen LogP contribution >= 0.6 is 0 Å². The molecule has 96 valence electrons. The summed E-state index contributed by atoms with van der Waals surface area (Å²) in [5.41, 5.74) is -0.437. The van der Waals surface area contributed by atoms with E-state index in [2.05, 4.69) is 13.0 Å². The third kappa shape index (κ3) is 2.28. The Morgan fingerprint density at radius 1 is 1.44 bits per heavy atom. The van der Waals surface area contributed by atoms with Gasteiger partial charge in [-0.25, -0.2) is 0 Å². The highest BCUT2D eigenvalue weighted by Gasteiger charge is 2.51. The fourth-order valence-corrected chi connectivity index (χ4v) is 3.17. The molecule has 1 aliphatic rings. The monoisotopic (exact) mass is 243 g/mol. The molecule has 0 amide bonds. The molecule has 1 N–H and O–H groups in total. The third-order valence-electron chi connectivity index (χ3n) is 4.40.